The molecule has 14 heavy (non-hydrogen) atoms. The van der Waals surface area contributed by atoms with E-state index in [0.717, 1.165) is 25.8 Å². The van der Waals surface area contributed by atoms with Crippen LogP contribution in [-0.4, -0.2) is 24.5 Å². The Balaban J connectivity index is 2.04. The Morgan fingerprint density at radius 3 is 2.93 bits per heavy atom. The summed E-state index contributed by atoms with van der Waals surface area (Å²) >= 11 is 0. The highest BCUT2D eigenvalue weighted by Crippen LogP contribution is 2.18. The molecule has 2 N–H and O–H groups in total. The minimum Gasteiger partial charge on any atom is -0.352 e. The van der Waals surface area contributed by atoms with Crippen LogP contribution in [0.1, 0.15) is 32.6 Å². The predicted octanol–water partition coefficient (Wildman–Crippen LogP) is 0.547. The largest absolute Gasteiger partial charge is 0.352 e. The van der Waals surface area contributed by atoms with Crippen molar-refractivity contribution in [3.8, 4) is 6.07 Å². The fourth-order valence-corrected chi connectivity index (χ4v) is 1.13. The first kappa shape index (κ1) is 11.0. The van der Waals surface area contributed by atoms with E-state index in [1.165, 1.54) is 0 Å². The maximum Gasteiger partial charge on any atom is 0.237 e. The van der Waals surface area contributed by atoms with Gasteiger partial charge >= 0.3 is 0 Å². The topological polar surface area (TPSA) is 64.9 Å². The Bertz CT molecular complexity index is 230. The average Bonchev–Trinajstić information content (AvgIpc) is 2.96. The normalized spacial score (nSPS) is 17.1. The van der Waals surface area contributed by atoms with Crippen LogP contribution in [0, 0.1) is 11.3 Å². The van der Waals surface area contributed by atoms with E-state index in [9.17, 15) is 4.79 Å². The minimum absolute atomic E-state index is 0.0736. The van der Waals surface area contributed by atoms with Gasteiger partial charge in [-0.15, -0.1) is 0 Å². The van der Waals surface area contributed by atoms with Gasteiger partial charge in [0.1, 0.15) is 0 Å². The molecule has 0 aromatic rings. The van der Waals surface area contributed by atoms with E-state index in [1.807, 2.05) is 6.92 Å². The number of carbonyl (C=O) groups excluding carboxylic acids is 1. The van der Waals surface area contributed by atoms with Crippen LogP contribution in [0.4, 0.5) is 0 Å². The maximum atomic E-state index is 11.4. The van der Waals surface area contributed by atoms with E-state index in [-0.39, 0.29) is 11.9 Å². The molecule has 0 radical (unpaired) electrons. The van der Waals surface area contributed by atoms with Crippen LogP contribution in [0.15, 0.2) is 0 Å². The van der Waals surface area contributed by atoms with E-state index >= 15 is 0 Å². The van der Waals surface area contributed by atoms with Gasteiger partial charge in [0, 0.05) is 12.5 Å². The van der Waals surface area contributed by atoms with Gasteiger partial charge in [0.25, 0.3) is 0 Å². The Kier molecular flexibility index (Phi) is 4.41. The SMILES string of the molecule is CC(NCCCC#N)C(=O)NC1CC1. The molecule has 1 atom stereocenters. The molecule has 0 aromatic carbocycles. The molecule has 0 bridgehead atoms. The molecule has 0 saturated heterocycles. The summed E-state index contributed by atoms with van der Waals surface area (Å²) in [5.41, 5.74) is 0. The van der Waals surface area contributed by atoms with Crippen molar-refractivity contribution in [2.45, 2.75) is 44.7 Å². The van der Waals surface area contributed by atoms with E-state index in [1.54, 1.807) is 0 Å². The molecule has 1 saturated carbocycles. The zero-order valence-electron chi connectivity index (χ0n) is 8.55. The molecule has 4 heteroatoms. The summed E-state index contributed by atoms with van der Waals surface area (Å²) in [6.45, 7) is 2.58. The van der Waals surface area contributed by atoms with Gasteiger partial charge in [-0.05, 0) is 32.7 Å². The summed E-state index contributed by atoms with van der Waals surface area (Å²) in [6.07, 6.45) is 3.58. The number of hydrogen-bond acceptors (Lipinski definition) is 3. The summed E-state index contributed by atoms with van der Waals surface area (Å²) in [5.74, 6) is 0.0736. The van der Waals surface area contributed by atoms with E-state index in [4.69, 9.17) is 5.26 Å². The van der Waals surface area contributed by atoms with Gasteiger partial charge < -0.3 is 10.6 Å². The second kappa shape index (κ2) is 5.61. The lowest BCUT2D eigenvalue weighted by Crippen LogP contribution is -2.43. The van der Waals surface area contributed by atoms with Crippen LogP contribution < -0.4 is 10.6 Å². The number of rotatable bonds is 6. The molecule has 0 heterocycles. The smallest absolute Gasteiger partial charge is 0.237 e. The van der Waals surface area contributed by atoms with E-state index < -0.39 is 0 Å². The van der Waals surface area contributed by atoms with Gasteiger partial charge in [-0.25, -0.2) is 0 Å². The van der Waals surface area contributed by atoms with E-state index in [2.05, 4.69) is 16.7 Å². The van der Waals surface area contributed by atoms with Gasteiger partial charge in [0.15, 0.2) is 0 Å². The highest BCUT2D eigenvalue weighted by atomic mass is 16.2. The molecule has 78 valence electrons. The summed E-state index contributed by atoms with van der Waals surface area (Å²) < 4.78 is 0. The molecular weight excluding hydrogens is 178 g/mol. The molecule has 0 spiro atoms. The van der Waals surface area contributed by atoms with Gasteiger partial charge in [0.2, 0.25) is 5.91 Å². The number of unbranched alkanes of at least 4 members (excludes halogenated alkanes) is 1. The number of nitrogens with one attached hydrogen (secondary N) is 2. The van der Waals surface area contributed by atoms with Crippen molar-refractivity contribution in [3.05, 3.63) is 0 Å². The predicted molar refractivity (Wildman–Crippen MR) is 53.5 cm³/mol. The molecule has 4 nitrogen and oxygen atoms in total. The monoisotopic (exact) mass is 195 g/mol. The highest BCUT2D eigenvalue weighted by molar-refractivity contribution is 5.81. The van der Waals surface area contributed by atoms with Crippen LogP contribution >= 0.6 is 0 Å². The summed E-state index contributed by atoms with van der Waals surface area (Å²) in [5, 5.41) is 14.3. The van der Waals surface area contributed by atoms with Crippen LogP contribution in [-0.2, 0) is 4.79 Å². The number of nitrogens with zero attached hydrogens (tertiary/aromatic N) is 1. The van der Waals surface area contributed by atoms with Gasteiger partial charge in [-0.2, -0.15) is 5.26 Å². The molecule has 1 fully saturated rings. The molecular formula is C10H17N3O. The van der Waals surface area contributed by atoms with Crippen LogP contribution in [0.3, 0.4) is 0 Å². The Hall–Kier alpha value is -1.08. The lowest BCUT2D eigenvalue weighted by atomic mass is 10.2. The van der Waals surface area contributed by atoms with Crippen LogP contribution in [0.25, 0.3) is 0 Å². The zero-order valence-corrected chi connectivity index (χ0v) is 8.55. The third-order valence-electron chi connectivity index (χ3n) is 2.23. The average molecular weight is 195 g/mol. The second-order valence-electron chi connectivity index (χ2n) is 3.72. The van der Waals surface area contributed by atoms with Crippen molar-refractivity contribution in [1.82, 2.24) is 10.6 Å². The lowest BCUT2D eigenvalue weighted by molar-refractivity contribution is -0.122. The van der Waals surface area contributed by atoms with Crippen molar-refractivity contribution in [3.63, 3.8) is 0 Å². The lowest BCUT2D eigenvalue weighted by Gasteiger charge is -2.12. The third kappa shape index (κ3) is 4.24. The van der Waals surface area contributed by atoms with Crippen molar-refractivity contribution in [1.29, 1.82) is 5.26 Å². The molecule has 0 aromatic heterocycles. The summed E-state index contributed by atoms with van der Waals surface area (Å²) in [4.78, 5) is 11.4. The Morgan fingerprint density at radius 1 is 1.64 bits per heavy atom. The van der Waals surface area contributed by atoms with Gasteiger partial charge in [0.05, 0.1) is 12.1 Å². The van der Waals surface area contributed by atoms with Crippen molar-refractivity contribution >= 4 is 5.91 Å². The minimum atomic E-state index is -0.144. The third-order valence-corrected chi connectivity index (χ3v) is 2.23. The molecule has 1 amide bonds. The van der Waals surface area contributed by atoms with Crippen molar-refractivity contribution < 1.29 is 4.79 Å². The first-order valence-corrected chi connectivity index (χ1v) is 5.14. The van der Waals surface area contributed by atoms with Crippen LogP contribution in [0.5, 0.6) is 0 Å². The molecule has 1 rings (SSSR count). The standard InChI is InChI=1S/C10H17N3O/c1-8(12-7-3-2-6-11)10(14)13-9-4-5-9/h8-9,12H,2-5,7H2,1H3,(H,13,14). The number of nitriles is 1. The quantitative estimate of drug-likeness (QED) is 0.608. The number of carbonyl (C=O) groups is 1. The van der Waals surface area contributed by atoms with Crippen molar-refractivity contribution in [2.24, 2.45) is 0 Å². The molecule has 0 aliphatic heterocycles. The Labute approximate surface area is 84.7 Å². The zero-order chi connectivity index (χ0) is 10.4. The second-order valence-corrected chi connectivity index (χ2v) is 3.72. The summed E-state index contributed by atoms with van der Waals surface area (Å²) in [6, 6.07) is 2.35. The Morgan fingerprint density at radius 2 is 2.36 bits per heavy atom. The molecule has 1 aliphatic carbocycles. The van der Waals surface area contributed by atoms with Gasteiger partial charge in [-0.3, -0.25) is 4.79 Å². The fraction of sp³-hybridized carbons (Fsp3) is 0.800. The highest BCUT2D eigenvalue weighted by Gasteiger charge is 2.25. The van der Waals surface area contributed by atoms with Crippen molar-refractivity contribution in [2.75, 3.05) is 6.54 Å². The first-order chi connectivity index (χ1) is 6.74. The number of amides is 1. The molecule has 1 unspecified atom stereocenters. The first-order valence-electron chi connectivity index (χ1n) is 5.14. The maximum absolute atomic E-state index is 11.4. The fourth-order valence-electron chi connectivity index (χ4n) is 1.13. The summed E-state index contributed by atoms with van der Waals surface area (Å²) in [7, 11) is 0. The molecule has 1 aliphatic rings. The van der Waals surface area contributed by atoms with Crippen LogP contribution in [0.2, 0.25) is 0 Å². The van der Waals surface area contributed by atoms with E-state index in [0.29, 0.717) is 12.5 Å². The van der Waals surface area contributed by atoms with Gasteiger partial charge in [-0.1, -0.05) is 0 Å². The number of hydrogen-bond donors (Lipinski definition) is 2.